The second-order valence-corrected chi connectivity index (χ2v) is 10.7. The fourth-order valence-electron chi connectivity index (χ4n) is 4.94. The van der Waals surface area contributed by atoms with Crippen LogP contribution in [0.3, 0.4) is 0 Å². The quantitative estimate of drug-likeness (QED) is 0.703. The minimum atomic E-state index is -3.67. The second-order valence-electron chi connectivity index (χ2n) is 8.61. The van der Waals surface area contributed by atoms with Gasteiger partial charge in [-0.2, -0.15) is 0 Å². The fourth-order valence-corrected chi connectivity index (χ4v) is 6.44. The monoisotopic (exact) mass is 428 g/mol. The SMILES string of the molecule is O=C(Nc1c2c(cc3c1CCC3)CCC2)NS(=O)(=O)C1(CN2CCC2)CC1.[K]. The molecule has 2 fully saturated rings. The molecule has 147 valence electrons. The summed E-state index contributed by atoms with van der Waals surface area (Å²) < 4.78 is 27.3. The van der Waals surface area contributed by atoms with Crippen molar-refractivity contribution in [1.29, 1.82) is 0 Å². The van der Waals surface area contributed by atoms with Crippen LogP contribution in [0.5, 0.6) is 0 Å². The van der Waals surface area contributed by atoms with Crippen LogP contribution in [0.15, 0.2) is 6.07 Å². The normalized spacial score (nSPS) is 21.9. The van der Waals surface area contributed by atoms with Gasteiger partial charge in [0.1, 0.15) is 4.75 Å². The Hall–Kier alpha value is 0.0364. The molecule has 1 radical (unpaired) electrons. The van der Waals surface area contributed by atoms with Crippen molar-refractivity contribution in [3.8, 4) is 0 Å². The number of sulfonamides is 1. The molecular weight excluding hydrogens is 401 g/mol. The number of rotatable bonds is 5. The van der Waals surface area contributed by atoms with Gasteiger partial charge in [-0.05, 0) is 93.1 Å². The van der Waals surface area contributed by atoms with E-state index in [1.54, 1.807) is 0 Å². The van der Waals surface area contributed by atoms with Crippen molar-refractivity contribution in [2.75, 3.05) is 25.0 Å². The molecule has 1 saturated carbocycles. The van der Waals surface area contributed by atoms with Gasteiger partial charge in [-0.1, -0.05) is 6.07 Å². The zero-order chi connectivity index (χ0) is 18.6. The maximum absolute atomic E-state index is 12.9. The first-order valence-corrected chi connectivity index (χ1v) is 11.7. The van der Waals surface area contributed by atoms with Gasteiger partial charge in [-0.3, -0.25) is 0 Å². The first kappa shape index (κ1) is 21.3. The van der Waals surface area contributed by atoms with Crippen LogP contribution in [0, 0.1) is 0 Å². The van der Waals surface area contributed by atoms with Crippen LogP contribution in [0.1, 0.15) is 54.4 Å². The number of fused-ring (bicyclic) bond motifs is 2. The van der Waals surface area contributed by atoms with Gasteiger partial charge in [0, 0.05) is 63.6 Å². The van der Waals surface area contributed by atoms with Crippen LogP contribution in [0.4, 0.5) is 10.5 Å². The molecule has 0 aromatic heterocycles. The number of amides is 2. The molecule has 28 heavy (non-hydrogen) atoms. The summed E-state index contributed by atoms with van der Waals surface area (Å²) in [5.41, 5.74) is 5.96. The van der Waals surface area contributed by atoms with Crippen LogP contribution in [0.2, 0.25) is 0 Å². The number of likely N-dealkylation sites (tertiary alicyclic amines) is 1. The number of urea groups is 1. The molecule has 8 heteroatoms. The molecule has 1 aromatic carbocycles. The Labute approximate surface area is 209 Å². The Kier molecular flexibility index (Phi) is 6.04. The zero-order valence-electron chi connectivity index (χ0n) is 16.6. The van der Waals surface area contributed by atoms with E-state index in [1.807, 2.05) is 0 Å². The molecule has 5 rings (SSSR count). The Bertz CT molecular complexity index is 876. The number of hydrogen-bond acceptors (Lipinski definition) is 4. The second kappa shape index (κ2) is 7.94. The van der Waals surface area contributed by atoms with Crippen molar-refractivity contribution < 1.29 is 13.2 Å². The number of nitrogens with zero attached hydrogens (tertiary/aromatic N) is 1. The minimum absolute atomic E-state index is 0. The van der Waals surface area contributed by atoms with Gasteiger partial charge in [0.25, 0.3) is 0 Å². The average Bonchev–Trinajstić information content (AvgIpc) is 3.00. The Morgan fingerprint density at radius 3 is 2.11 bits per heavy atom. The van der Waals surface area contributed by atoms with Crippen LogP contribution in [-0.2, 0) is 35.7 Å². The van der Waals surface area contributed by atoms with E-state index in [0.29, 0.717) is 19.4 Å². The number of nitrogens with one attached hydrogen (secondary N) is 2. The van der Waals surface area contributed by atoms with Gasteiger partial charge < -0.3 is 10.2 Å². The molecule has 6 nitrogen and oxygen atoms in total. The zero-order valence-corrected chi connectivity index (χ0v) is 20.6. The van der Waals surface area contributed by atoms with E-state index in [9.17, 15) is 13.2 Å². The van der Waals surface area contributed by atoms with Crippen molar-refractivity contribution >= 4 is 73.1 Å². The van der Waals surface area contributed by atoms with Crippen LogP contribution in [0.25, 0.3) is 0 Å². The summed E-state index contributed by atoms with van der Waals surface area (Å²) in [7, 11) is -3.67. The molecule has 1 aromatic rings. The molecule has 0 spiro atoms. The number of aryl methyl sites for hydroxylation is 2. The predicted octanol–water partition coefficient (Wildman–Crippen LogP) is 1.97. The van der Waals surface area contributed by atoms with Gasteiger partial charge >= 0.3 is 6.03 Å². The first-order chi connectivity index (χ1) is 13.0. The van der Waals surface area contributed by atoms with E-state index >= 15 is 0 Å². The molecule has 0 bridgehead atoms. The van der Waals surface area contributed by atoms with E-state index < -0.39 is 20.8 Å². The standard InChI is InChI=1S/C20H27N3O3S.K/c24-19(22-27(25,26)20(8-9-20)13-23-10-3-11-23)21-18-16-6-1-4-14(16)12-15-5-2-7-17(15)18;/h12H,1-11,13H2,(H2,21,22,24);. The van der Waals surface area contributed by atoms with Crippen molar-refractivity contribution in [2.24, 2.45) is 0 Å². The average molecular weight is 429 g/mol. The van der Waals surface area contributed by atoms with Crippen molar-refractivity contribution in [1.82, 2.24) is 9.62 Å². The molecular formula is C20H27KN3O3S. The largest absolute Gasteiger partial charge is 0.332 e. The number of hydrogen-bond donors (Lipinski definition) is 2. The summed E-state index contributed by atoms with van der Waals surface area (Å²) in [5, 5.41) is 2.94. The molecule has 2 N–H and O–H groups in total. The number of carbonyl (C=O) groups is 1. The fraction of sp³-hybridized carbons (Fsp3) is 0.650. The number of benzene rings is 1. The van der Waals surface area contributed by atoms with Gasteiger partial charge in [0.15, 0.2) is 0 Å². The van der Waals surface area contributed by atoms with Crippen molar-refractivity contribution in [2.45, 2.75) is 62.5 Å². The molecule has 2 amide bonds. The van der Waals surface area contributed by atoms with E-state index in [2.05, 4.69) is 21.0 Å². The summed E-state index contributed by atoms with van der Waals surface area (Å²) in [5.74, 6) is 0. The van der Waals surface area contributed by atoms with E-state index in [4.69, 9.17) is 0 Å². The third-order valence-electron chi connectivity index (χ3n) is 6.78. The molecule has 0 unspecified atom stereocenters. The van der Waals surface area contributed by atoms with E-state index in [-0.39, 0.29) is 51.4 Å². The number of carbonyl (C=O) groups excluding carboxylic acids is 1. The minimum Gasteiger partial charge on any atom is -0.307 e. The van der Waals surface area contributed by atoms with Crippen LogP contribution >= 0.6 is 0 Å². The molecule has 4 aliphatic rings. The summed E-state index contributed by atoms with van der Waals surface area (Å²) in [4.78, 5) is 14.8. The van der Waals surface area contributed by atoms with Gasteiger partial charge in [-0.25, -0.2) is 17.9 Å². The van der Waals surface area contributed by atoms with Gasteiger partial charge in [-0.15, -0.1) is 0 Å². The van der Waals surface area contributed by atoms with Crippen molar-refractivity contribution in [3.63, 3.8) is 0 Å². The molecule has 1 saturated heterocycles. The Balaban J connectivity index is 0.00000192. The smallest absolute Gasteiger partial charge is 0.307 e. The van der Waals surface area contributed by atoms with Gasteiger partial charge in [0.05, 0.1) is 0 Å². The van der Waals surface area contributed by atoms with Crippen LogP contribution < -0.4 is 10.0 Å². The summed E-state index contributed by atoms with van der Waals surface area (Å²) in [6, 6.07) is 1.70. The Morgan fingerprint density at radius 1 is 1.00 bits per heavy atom. The topological polar surface area (TPSA) is 78.5 Å². The summed E-state index contributed by atoms with van der Waals surface area (Å²) in [6.45, 7) is 2.48. The molecule has 1 aliphatic heterocycles. The molecule has 3 aliphatic carbocycles. The van der Waals surface area contributed by atoms with Crippen molar-refractivity contribution in [3.05, 3.63) is 28.3 Å². The van der Waals surface area contributed by atoms with E-state index in [0.717, 1.165) is 63.7 Å². The van der Waals surface area contributed by atoms with Crippen LogP contribution in [-0.4, -0.2) is 95.1 Å². The summed E-state index contributed by atoms with van der Waals surface area (Å²) >= 11 is 0. The third-order valence-corrected chi connectivity index (χ3v) is 8.91. The molecule has 0 atom stereocenters. The Morgan fingerprint density at radius 2 is 1.61 bits per heavy atom. The maximum Gasteiger partial charge on any atom is 0.332 e. The third kappa shape index (κ3) is 3.74. The maximum atomic E-state index is 12.9. The molecule has 1 heterocycles. The van der Waals surface area contributed by atoms with Gasteiger partial charge in [0.2, 0.25) is 10.0 Å². The van der Waals surface area contributed by atoms with E-state index in [1.165, 1.54) is 22.3 Å². The first-order valence-electron chi connectivity index (χ1n) is 10.2. The number of anilines is 1. The predicted molar refractivity (Wildman–Crippen MR) is 110 cm³/mol. The summed E-state index contributed by atoms with van der Waals surface area (Å²) in [6.07, 6.45) is 8.65.